The largest absolute Gasteiger partial charge is 0.491 e. The molecule has 0 aliphatic heterocycles. The van der Waals surface area contributed by atoms with Gasteiger partial charge in [-0.2, -0.15) is 0 Å². The summed E-state index contributed by atoms with van der Waals surface area (Å²) in [7, 11) is 0. The topological polar surface area (TPSA) is 101 Å². The van der Waals surface area contributed by atoms with Gasteiger partial charge in [0, 0.05) is 12.2 Å². The second-order valence-corrected chi connectivity index (χ2v) is 4.87. The molecule has 0 heterocycles. The van der Waals surface area contributed by atoms with Crippen LogP contribution in [0.15, 0.2) is 24.3 Å². The van der Waals surface area contributed by atoms with Crippen LogP contribution in [-0.4, -0.2) is 72.4 Å². The van der Waals surface area contributed by atoms with E-state index in [1.165, 1.54) is 0 Å². The van der Waals surface area contributed by atoms with E-state index in [-0.39, 0.29) is 0 Å². The first kappa shape index (κ1) is 21.3. The molecule has 0 saturated carbocycles. The molecule has 3 N–H and O–H groups in total. The van der Waals surface area contributed by atoms with Crippen LogP contribution in [0.5, 0.6) is 5.75 Å². The van der Waals surface area contributed by atoms with E-state index in [1.807, 2.05) is 0 Å². The molecule has 0 spiro atoms. The fourth-order valence-corrected chi connectivity index (χ4v) is 1.78. The third-order valence-electron chi connectivity index (χ3n) is 2.95. The Labute approximate surface area is 148 Å². The summed E-state index contributed by atoms with van der Waals surface area (Å²) >= 11 is 0. The quantitative estimate of drug-likeness (QED) is 0.312. The van der Waals surface area contributed by atoms with E-state index in [4.69, 9.17) is 29.4 Å². The molecule has 1 aromatic rings. The molecule has 8 nitrogen and oxygen atoms in total. The van der Waals surface area contributed by atoms with E-state index < -0.39 is 0 Å². The summed E-state index contributed by atoms with van der Waals surface area (Å²) in [5.41, 5.74) is 6.02. The highest BCUT2D eigenvalue weighted by Gasteiger charge is 1.96. The van der Waals surface area contributed by atoms with Crippen molar-refractivity contribution < 1.29 is 28.5 Å². The van der Waals surface area contributed by atoms with Crippen molar-refractivity contribution in [3.05, 3.63) is 24.3 Å². The second-order valence-electron chi connectivity index (χ2n) is 4.87. The second kappa shape index (κ2) is 15.8. The van der Waals surface area contributed by atoms with Gasteiger partial charge in [-0.1, -0.05) is 0 Å². The van der Waals surface area contributed by atoms with Crippen molar-refractivity contribution in [1.29, 1.82) is 0 Å². The Morgan fingerprint density at radius 2 is 1.24 bits per heavy atom. The molecule has 0 fully saturated rings. The highest BCUT2D eigenvalue weighted by atomic mass is 16.6. The Hall–Kier alpha value is -1.71. The lowest BCUT2D eigenvalue weighted by atomic mass is 10.3. The van der Waals surface area contributed by atoms with Gasteiger partial charge in [0.1, 0.15) is 12.4 Å². The maximum atomic E-state index is 10.3. The smallest absolute Gasteiger partial charge is 0.211 e. The SMILES string of the molecule is NCCOCCOCCOCCOCCOc1ccc(NC=O)cc1. The van der Waals surface area contributed by atoms with Crippen LogP contribution in [-0.2, 0) is 23.7 Å². The van der Waals surface area contributed by atoms with Crippen LogP contribution in [0.25, 0.3) is 0 Å². The first-order chi connectivity index (χ1) is 12.4. The number of hydrogen-bond acceptors (Lipinski definition) is 7. The van der Waals surface area contributed by atoms with E-state index in [9.17, 15) is 4.79 Å². The van der Waals surface area contributed by atoms with Gasteiger partial charge in [0.05, 0.1) is 52.9 Å². The van der Waals surface area contributed by atoms with E-state index in [1.54, 1.807) is 24.3 Å². The van der Waals surface area contributed by atoms with Crippen LogP contribution in [0.1, 0.15) is 0 Å². The molecule has 0 saturated heterocycles. The van der Waals surface area contributed by atoms with Crippen LogP contribution in [0, 0.1) is 0 Å². The van der Waals surface area contributed by atoms with Crippen molar-refractivity contribution in [2.45, 2.75) is 0 Å². The number of hydrogen-bond donors (Lipinski definition) is 2. The minimum absolute atomic E-state index is 0.451. The van der Waals surface area contributed by atoms with Crippen molar-refractivity contribution >= 4 is 12.1 Å². The van der Waals surface area contributed by atoms with Gasteiger partial charge in [-0.25, -0.2) is 0 Å². The predicted octanol–water partition coefficient (Wildman–Crippen LogP) is 0.659. The van der Waals surface area contributed by atoms with Crippen molar-refractivity contribution in [2.75, 3.05) is 71.3 Å². The average molecular weight is 356 g/mol. The number of nitrogens with two attached hydrogens (primary N) is 1. The number of anilines is 1. The monoisotopic (exact) mass is 356 g/mol. The van der Waals surface area contributed by atoms with Gasteiger partial charge >= 0.3 is 0 Å². The summed E-state index contributed by atoms with van der Waals surface area (Å²) in [5.74, 6) is 0.726. The molecule has 0 unspecified atom stereocenters. The Kier molecular flexibility index (Phi) is 13.5. The van der Waals surface area contributed by atoms with Gasteiger partial charge in [-0.3, -0.25) is 4.79 Å². The third kappa shape index (κ3) is 12.3. The average Bonchev–Trinajstić information content (AvgIpc) is 2.63. The Morgan fingerprint density at radius 1 is 0.760 bits per heavy atom. The molecular formula is C17H28N2O6. The number of carbonyl (C=O) groups excluding carboxylic acids is 1. The Balaban J connectivity index is 1.83. The molecule has 0 bridgehead atoms. The lowest BCUT2D eigenvalue weighted by molar-refractivity contribution is -0.105. The van der Waals surface area contributed by atoms with Crippen molar-refractivity contribution in [3.8, 4) is 5.75 Å². The molecule has 0 atom stereocenters. The number of ether oxygens (including phenoxy) is 5. The number of nitrogens with one attached hydrogen (secondary N) is 1. The van der Waals surface area contributed by atoms with Gasteiger partial charge < -0.3 is 34.7 Å². The Morgan fingerprint density at radius 3 is 1.72 bits per heavy atom. The van der Waals surface area contributed by atoms with E-state index in [0.717, 1.165) is 11.4 Å². The summed E-state index contributed by atoms with van der Waals surface area (Å²) in [6.07, 6.45) is 0.635. The summed E-state index contributed by atoms with van der Waals surface area (Å²) < 4.78 is 26.8. The number of rotatable bonds is 17. The molecule has 0 aliphatic carbocycles. The van der Waals surface area contributed by atoms with Crippen LogP contribution in [0.3, 0.4) is 0 Å². The first-order valence-corrected chi connectivity index (χ1v) is 8.31. The van der Waals surface area contributed by atoms with Crippen LogP contribution in [0.4, 0.5) is 5.69 Å². The van der Waals surface area contributed by atoms with Gasteiger partial charge in [0.25, 0.3) is 0 Å². The zero-order chi connectivity index (χ0) is 18.0. The molecule has 1 rings (SSSR count). The van der Waals surface area contributed by atoms with Crippen molar-refractivity contribution in [1.82, 2.24) is 0 Å². The maximum Gasteiger partial charge on any atom is 0.211 e. The molecule has 1 aromatic carbocycles. The minimum atomic E-state index is 0.451. The lowest BCUT2D eigenvalue weighted by Crippen LogP contribution is -2.15. The summed E-state index contributed by atoms with van der Waals surface area (Å²) in [5, 5.41) is 2.56. The van der Waals surface area contributed by atoms with Crippen LogP contribution < -0.4 is 15.8 Å². The predicted molar refractivity (Wildman–Crippen MR) is 94.0 cm³/mol. The summed E-state index contributed by atoms with van der Waals surface area (Å²) in [6, 6.07) is 7.11. The maximum absolute atomic E-state index is 10.3. The normalized spacial score (nSPS) is 10.6. The van der Waals surface area contributed by atoms with Crippen LogP contribution in [0.2, 0.25) is 0 Å². The fraction of sp³-hybridized carbons (Fsp3) is 0.588. The van der Waals surface area contributed by atoms with Gasteiger partial charge in [0.15, 0.2) is 0 Å². The number of amides is 1. The molecule has 8 heteroatoms. The van der Waals surface area contributed by atoms with Crippen LogP contribution >= 0.6 is 0 Å². The summed E-state index contributed by atoms with van der Waals surface area (Å²) in [4.78, 5) is 10.3. The first-order valence-electron chi connectivity index (χ1n) is 8.31. The van der Waals surface area contributed by atoms with E-state index in [0.29, 0.717) is 72.4 Å². The molecule has 0 radical (unpaired) electrons. The highest BCUT2D eigenvalue weighted by molar-refractivity contribution is 5.71. The standard InChI is InChI=1S/C17H28N2O6/c18-5-6-21-7-8-22-9-10-23-11-12-24-13-14-25-17-3-1-16(2-4-17)19-15-20/h1-4,15H,5-14,18H2,(H,19,20). The van der Waals surface area contributed by atoms with Crippen molar-refractivity contribution in [3.63, 3.8) is 0 Å². The highest BCUT2D eigenvalue weighted by Crippen LogP contribution is 2.14. The molecule has 0 aromatic heterocycles. The number of carbonyl (C=O) groups is 1. The fourth-order valence-electron chi connectivity index (χ4n) is 1.78. The van der Waals surface area contributed by atoms with E-state index in [2.05, 4.69) is 5.32 Å². The molecule has 142 valence electrons. The van der Waals surface area contributed by atoms with Crippen molar-refractivity contribution in [2.24, 2.45) is 5.73 Å². The van der Waals surface area contributed by atoms with Gasteiger partial charge in [-0.05, 0) is 24.3 Å². The molecule has 25 heavy (non-hydrogen) atoms. The summed E-state index contributed by atoms with van der Waals surface area (Å²) in [6.45, 7) is 5.19. The molecule has 1 amide bonds. The van der Waals surface area contributed by atoms with Gasteiger partial charge in [-0.15, -0.1) is 0 Å². The molecular weight excluding hydrogens is 328 g/mol. The van der Waals surface area contributed by atoms with Gasteiger partial charge in [0.2, 0.25) is 6.41 Å². The Bertz CT molecular complexity index is 430. The van der Waals surface area contributed by atoms with E-state index >= 15 is 0 Å². The third-order valence-corrected chi connectivity index (χ3v) is 2.95. The zero-order valence-corrected chi connectivity index (χ0v) is 14.5. The molecule has 0 aliphatic rings. The number of benzene rings is 1. The minimum Gasteiger partial charge on any atom is -0.491 e. The zero-order valence-electron chi connectivity index (χ0n) is 14.5. The lowest BCUT2D eigenvalue weighted by Gasteiger charge is -2.09.